The fourth-order valence-corrected chi connectivity index (χ4v) is 1.87. The summed E-state index contributed by atoms with van der Waals surface area (Å²) in [5.41, 5.74) is 0. The molecule has 0 aliphatic carbocycles. The second-order valence-corrected chi connectivity index (χ2v) is 3.90. The molecule has 4 atom stereocenters. The van der Waals surface area contributed by atoms with E-state index >= 15 is 0 Å². The lowest BCUT2D eigenvalue weighted by Gasteiger charge is -2.31. The molecule has 0 amide bonds. The maximum Gasteiger partial charge on any atom is 0.0683 e. The Morgan fingerprint density at radius 3 is 2.54 bits per heavy atom. The predicted octanol–water partition coefficient (Wildman–Crippen LogP) is -0.817. The quantitative estimate of drug-likeness (QED) is 0.543. The Bertz CT molecular complexity index is 161. The smallest absolute Gasteiger partial charge is 0.0683 e. The van der Waals surface area contributed by atoms with Crippen LogP contribution in [-0.2, 0) is 0 Å². The average molecular weight is 189 g/mol. The van der Waals surface area contributed by atoms with Gasteiger partial charge in [0.05, 0.1) is 18.8 Å². The van der Waals surface area contributed by atoms with Gasteiger partial charge in [-0.1, -0.05) is 0 Å². The first-order valence-corrected chi connectivity index (χ1v) is 4.79. The number of nitrogens with zero attached hydrogens (tertiary/aromatic N) is 1. The first kappa shape index (κ1) is 10.9. The normalized spacial score (nSPS) is 34.8. The van der Waals surface area contributed by atoms with Crippen LogP contribution in [0.2, 0.25) is 0 Å². The summed E-state index contributed by atoms with van der Waals surface area (Å²) in [6.45, 7) is 4.24. The third-order valence-electron chi connectivity index (χ3n) is 2.87. The zero-order chi connectivity index (χ0) is 10.0. The van der Waals surface area contributed by atoms with E-state index in [1.54, 1.807) is 6.92 Å². The summed E-state index contributed by atoms with van der Waals surface area (Å²) in [6, 6.07) is -0.00565. The molecule has 0 spiro atoms. The van der Waals surface area contributed by atoms with Crippen LogP contribution in [-0.4, -0.2) is 57.7 Å². The zero-order valence-electron chi connectivity index (χ0n) is 8.22. The highest BCUT2D eigenvalue weighted by molar-refractivity contribution is 4.89. The van der Waals surface area contributed by atoms with Crippen molar-refractivity contribution in [1.82, 2.24) is 4.90 Å². The predicted molar refractivity (Wildman–Crippen MR) is 49.3 cm³/mol. The largest absolute Gasteiger partial charge is 0.395 e. The SMILES string of the molecule is CC(O)C(C)N1C[C@@H](O)C[C@H]1CO. The topological polar surface area (TPSA) is 63.9 Å². The van der Waals surface area contributed by atoms with Gasteiger partial charge in [-0.3, -0.25) is 4.90 Å². The Kier molecular flexibility index (Phi) is 3.67. The molecule has 3 N–H and O–H groups in total. The molecule has 0 aromatic carbocycles. The molecule has 1 aliphatic rings. The van der Waals surface area contributed by atoms with Gasteiger partial charge in [-0.25, -0.2) is 0 Å². The van der Waals surface area contributed by atoms with Crippen LogP contribution in [0.3, 0.4) is 0 Å². The third kappa shape index (κ3) is 2.40. The molecule has 2 unspecified atom stereocenters. The summed E-state index contributed by atoms with van der Waals surface area (Å²) in [5, 5.41) is 27.8. The summed E-state index contributed by atoms with van der Waals surface area (Å²) in [5.74, 6) is 0. The Labute approximate surface area is 78.8 Å². The molecule has 1 heterocycles. The summed E-state index contributed by atoms with van der Waals surface area (Å²) >= 11 is 0. The van der Waals surface area contributed by atoms with Crippen LogP contribution in [0.25, 0.3) is 0 Å². The number of likely N-dealkylation sites (tertiary alicyclic amines) is 1. The first-order valence-electron chi connectivity index (χ1n) is 4.79. The number of aliphatic hydroxyl groups excluding tert-OH is 3. The van der Waals surface area contributed by atoms with Crippen molar-refractivity contribution in [3.05, 3.63) is 0 Å². The Morgan fingerprint density at radius 1 is 1.46 bits per heavy atom. The monoisotopic (exact) mass is 189 g/mol. The van der Waals surface area contributed by atoms with E-state index in [-0.39, 0.29) is 24.8 Å². The summed E-state index contributed by atoms with van der Waals surface area (Å²) in [6.07, 6.45) is -0.189. The molecule has 4 nitrogen and oxygen atoms in total. The van der Waals surface area contributed by atoms with E-state index in [1.165, 1.54) is 0 Å². The highest BCUT2D eigenvalue weighted by Crippen LogP contribution is 2.21. The highest BCUT2D eigenvalue weighted by Gasteiger charge is 2.34. The number of hydrogen-bond donors (Lipinski definition) is 3. The minimum Gasteiger partial charge on any atom is -0.395 e. The van der Waals surface area contributed by atoms with E-state index in [9.17, 15) is 10.2 Å². The second-order valence-electron chi connectivity index (χ2n) is 3.90. The van der Waals surface area contributed by atoms with Gasteiger partial charge in [-0.15, -0.1) is 0 Å². The summed E-state index contributed by atoms with van der Waals surface area (Å²) in [4.78, 5) is 1.97. The molecule has 0 aromatic rings. The molecule has 0 radical (unpaired) electrons. The molecule has 0 aromatic heterocycles. The molecule has 0 bridgehead atoms. The number of aliphatic hydroxyl groups is 3. The van der Waals surface area contributed by atoms with Crippen molar-refractivity contribution < 1.29 is 15.3 Å². The molecule has 1 aliphatic heterocycles. The van der Waals surface area contributed by atoms with Crippen LogP contribution in [0.1, 0.15) is 20.3 Å². The van der Waals surface area contributed by atoms with Crippen LogP contribution in [0.15, 0.2) is 0 Å². The van der Waals surface area contributed by atoms with E-state index in [1.807, 2.05) is 11.8 Å². The van der Waals surface area contributed by atoms with Crippen molar-refractivity contribution in [3.63, 3.8) is 0 Å². The van der Waals surface area contributed by atoms with Crippen molar-refractivity contribution in [2.24, 2.45) is 0 Å². The molecular weight excluding hydrogens is 170 g/mol. The molecule has 1 saturated heterocycles. The Hall–Kier alpha value is -0.160. The van der Waals surface area contributed by atoms with Gasteiger partial charge in [0.2, 0.25) is 0 Å². The number of hydrogen-bond acceptors (Lipinski definition) is 4. The van der Waals surface area contributed by atoms with Crippen molar-refractivity contribution in [2.75, 3.05) is 13.2 Å². The lowest BCUT2D eigenvalue weighted by atomic mass is 10.1. The maximum absolute atomic E-state index is 9.40. The van der Waals surface area contributed by atoms with Gasteiger partial charge in [0, 0.05) is 18.6 Å². The van der Waals surface area contributed by atoms with E-state index < -0.39 is 6.10 Å². The van der Waals surface area contributed by atoms with E-state index in [4.69, 9.17) is 5.11 Å². The number of rotatable bonds is 3. The zero-order valence-corrected chi connectivity index (χ0v) is 8.22. The van der Waals surface area contributed by atoms with Crippen molar-refractivity contribution in [3.8, 4) is 0 Å². The second kappa shape index (κ2) is 4.37. The van der Waals surface area contributed by atoms with Crippen LogP contribution in [0.5, 0.6) is 0 Å². The standard InChI is InChI=1S/C9H19NO3/c1-6(7(2)12)10-4-9(13)3-8(10)5-11/h6-9,11-13H,3-5H2,1-2H3/t6?,7?,8-,9-/m0/s1. The maximum atomic E-state index is 9.40. The molecule has 78 valence electrons. The minimum absolute atomic E-state index is 0.000370. The van der Waals surface area contributed by atoms with E-state index in [0.717, 1.165) is 0 Å². The van der Waals surface area contributed by atoms with Crippen LogP contribution in [0, 0.1) is 0 Å². The fourth-order valence-electron chi connectivity index (χ4n) is 1.87. The molecule has 4 heteroatoms. The lowest BCUT2D eigenvalue weighted by molar-refractivity contribution is 0.0422. The summed E-state index contributed by atoms with van der Waals surface area (Å²) in [7, 11) is 0. The van der Waals surface area contributed by atoms with Gasteiger partial charge in [0.1, 0.15) is 0 Å². The first-order chi connectivity index (χ1) is 6.06. The summed E-state index contributed by atoms with van der Waals surface area (Å²) < 4.78 is 0. The fraction of sp³-hybridized carbons (Fsp3) is 1.00. The average Bonchev–Trinajstić information content (AvgIpc) is 2.45. The van der Waals surface area contributed by atoms with E-state index in [0.29, 0.717) is 13.0 Å². The molecule has 1 fully saturated rings. The molecule has 1 rings (SSSR count). The van der Waals surface area contributed by atoms with Crippen molar-refractivity contribution in [2.45, 2.75) is 44.6 Å². The highest BCUT2D eigenvalue weighted by atomic mass is 16.3. The Balaban J connectivity index is 2.57. The molecular formula is C9H19NO3. The lowest BCUT2D eigenvalue weighted by Crippen LogP contribution is -2.44. The van der Waals surface area contributed by atoms with Crippen LogP contribution < -0.4 is 0 Å². The van der Waals surface area contributed by atoms with E-state index in [2.05, 4.69) is 0 Å². The van der Waals surface area contributed by atoms with Crippen molar-refractivity contribution in [1.29, 1.82) is 0 Å². The van der Waals surface area contributed by atoms with Gasteiger partial charge in [0.15, 0.2) is 0 Å². The van der Waals surface area contributed by atoms with Gasteiger partial charge in [-0.05, 0) is 20.3 Å². The van der Waals surface area contributed by atoms with Gasteiger partial charge in [-0.2, -0.15) is 0 Å². The van der Waals surface area contributed by atoms with Crippen LogP contribution in [0.4, 0.5) is 0 Å². The number of β-amino-alcohol motifs (C(OH)–C–C–N with tert-alkyl or cyclic N) is 1. The van der Waals surface area contributed by atoms with Gasteiger partial charge in [0.25, 0.3) is 0 Å². The van der Waals surface area contributed by atoms with Gasteiger partial charge >= 0.3 is 0 Å². The third-order valence-corrected chi connectivity index (χ3v) is 2.87. The van der Waals surface area contributed by atoms with Gasteiger partial charge < -0.3 is 15.3 Å². The molecule has 13 heavy (non-hydrogen) atoms. The Morgan fingerprint density at radius 2 is 2.08 bits per heavy atom. The molecule has 0 saturated carbocycles. The van der Waals surface area contributed by atoms with Crippen molar-refractivity contribution >= 4 is 0 Å². The van der Waals surface area contributed by atoms with Crippen LogP contribution >= 0.6 is 0 Å². The minimum atomic E-state index is -0.431.